The molecule has 3 N–H and O–H groups in total. The lowest BCUT2D eigenvalue weighted by molar-refractivity contribution is -0.125. The molecule has 2 atom stereocenters. The quantitative estimate of drug-likeness (QED) is 0.740. The molecule has 0 aliphatic heterocycles. The predicted molar refractivity (Wildman–Crippen MR) is 77.5 cm³/mol. The van der Waals surface area contributed by atoms with Crippen LogP contribution in [0.4, 0.5) is 0 Å². The molecule has 1 aromatic carbocycles. The molecule has 1 fully saturated rings. The molecule has 3 heteroatoms. The van der Waals surface area contributed by atoms with E-state index in [-0.39, 0.29) is 17.9 Å². The summed E-state index contributed by atoms with van der Waals surface area (Å²) in [5.41, 5.74) is 7.16. The number of benzene rings is 1. The number of hydrogen-bond acceptors (Lipinski definition) is 2. The largest absolute Gasteiger partial charge is 0.356 e. The van der Waals surface area contributed by atoms with Crippen LogP contribution in [0.25, 0.3) is 0 Å². The highest BCUT2D eigenvalue weighted by Gasteiger charge is 2.23. The van der Waals surface area contributed by atoms with Gasteiger partial charge in [0, 0.05) is 12.6 Å². The lowest BCUT2D eigenvalue weighted by Gasteiger charge is -2.19. The Labute approximate surface area is 115 Å². The summed E-state index contributed by atoms with van der Waals surface area (Å²) < 4.78 is 0. The average Bonchev–Trinajstić information content (AvgIpc) is 3.27. The van der Waals surface area contributed by atoms with Gasteiger partial charge in [0.2, 0.25) is 5.91 Å². The number of carbonyl (C=O) groups excluding carboxylic acids is 1. The van der Waals surface area contributed by atoms with E-state index >= 15 is 0 Å². The first-order valence-corrected chi connectivity index (χ1v) is 7.26. The maximum Gasteiger partial charge on any atom is 0.224 e. The van der Waals surface area contributed by atoms with Crippen LogP contribution in [0.15, 0.2) is 30.3 Å². The third-order valence-electron chi connectivity index (χ3n) is 3.92. The normalized spacial score (nSPS) is 17.8. The van der Waals surface area contributed by atoms with Gasteiger partial charge < -0.3 is 11.1 Å². The smallest absolute Gasteiger partial charge is 0.224 e. The van der Waals surface area contributed by atoms with E-state index in [9.17, 15) is 4.79 Å². The molecule has 0 spiro atoms. The highest BCUT2D eigenvalue weighted by atomic mass is 16.1. The van der Waals surface area contributed by atoms with Gasteiger partial charge in [-0.1, -0.05) is 50.1 Å². The first kappa shape index (κ1) is 14.1. The van der Waals surface area contributed by atoms with E-state index in [1.165, 1.54) is 19.3 Å². The van der Waals surface area contributed by atoms with E-state index in [1.807, 2.05) is 37.3 Å². The lowest BCUT2D eigenvalue weighted by Crippen LogP contribution is -2.36. The fourth-order valence-corrected chi connectivity index (χ4v) is 2.30. The highest BCUT2D eigenvalue weighted by molar-refractivity contribution is 5.79. The first-order chi connectivity index (χ1) is 9.18. The minimum absolute atomic E-state index is 0.0622. The standard InChI is InChI=1S/C16H24N2O/c1-12(15(17)14-7-3-2-4-8-14)16(19)18-11-5-6-13-9-10-13/h2-4,7-8,12-13,15H,5-6,9-11,17H2,1H3,(H,18,19). The summed E-state index contributed by atoms with van der Waals surface area (Å²) in [4.78, 5) is 12.0. The summed E-state index contributed by atoms with van der Waals surface area (Å²) >= 11 is 0. The molecule has 1 aromatic rings. The van der Waals surface area contributed by atoms with E-state index in [1.54, 1.807) is 0 Å². The van der Waals surface area contributed by atoms with Crippen LogP contribution in [0.5, 0.6) is 0 Å². The molecule has 104 valence electrons. The van der Waals surface area contributed by atoms with Crippen molar-refractivity contribution in [2.75, 3.05) is 6.54 Å². The summed E-state index contributed by atoms with van der Waals surface area (Å²) in [5, 5.41) is 3.00. The van der Waals surface area contributed by atoms with Crippen molar-refractivity contribution in [1.29, 1.82) is 0 Å². The van der Waals surface area contributed by atoms with Gasteiger partial charge in [0.25, 0.3) is 0 Å². The van der Waals surface area contributed by atoms with Gasteiger partial charge in [-0.15, -0.1) is 0 Å². The van der Waals surface area contributed by atoms with Crippen LogP contribution in [-0.4, -0.2) is 12.5 Å². The third kappa shape index (κ3) is 4.35. The number of carbonyl (C=O) groups is 1. The van der Waals surface area contributed by atoms with Gasteiger partial charge in [-0.2, -0.15) is 0 Å². The Balaban J connectivity index is 1.74. The Morgan fingerprint density at radius 1 is 1.37 bits per heavy atom. The second kappa shape index (κ2) is 6.71. The van der Waals surface area contributed by atoms with Crippen LogP contribution in [0.1, 0.15) is 44.2 Å². The monoisotopic (exact) mass is 260 g/mol. The molecule has 3 nitrogen and oxygen atoms in total. The lowest BCUT2D eigenvalue weighted by atomic mass is 9.94. The molecule has 19 heavy (non-hydrogen) atoms. The van der Waals surface area contributed by atoms with Crippen molar-refractivity contribution >= 4 is 5.91 Å². The summed E-state index contributed by atoms with van der Waals surface area (Å²) in [5.74, 6) is 0.802. The van der Waals surface area contributed by atoms with Gasteiger partial charge in [0.15, 0.2) is 0 Å². The second-order valence-electron chi connectivity index (χ2n) is 5.60. The molecule has 2 rings (SSSR count). The maximum absolute atomic E-state index is 12.0. The summed E-state index contributed by atoms with van der Waals surface area (Å²) in [7, 11) is 0. The molecule has 0 heterocycles. The second-order valence-corrected chi connectivity index (χ2v) is 5.60. The van der Waals surface area contributed by atoms with Crippen LogP contribution in [0.3, 0.4) is 0 Å². The van der Waals surface area contributed by atoms with Gasteiger partial charge in [-0.25, -0.2) is 0 Å². The van der Waals surface area contributed by atoms with Gasteiger partial charge >= 0.3 is 0 Å². The molecule has 1 aliphatic carbocycles. The number of hydrogen-bond donors (Lipinski definition) is 2. The molecule has 1 amide bonds. The molecule has 0 radical (unpaired) electrons. The van der Waals surface area contributed by atoms with Crippen molar-refractivity contribution < 1.29 is 4.79 Å². The SMILES string of the molecule is CC(C(=O)NCCCC1CC1)C(N)c1ccccc1. The molecule has 0 saturated heterocycles. The van der Waals surface area contributed by atoms with Gasteiger partial charge in [-0.05, 0) is 24.3 Å². The number of nitrogens with two attached hydrogens (primary N) is 1. The maximum atomic E-state index is 12.0. The van der Waals surface area contributed by atoms with Crippen LogP contribution in [0.2, 0.25) is 0 Å². The molecule has 1 aliphatic rings. The predicted octanol–water partition coefficient (Wildman–Crippen LogP) is 2.63. The Morgan fingerprint density at radius 2 is 2.05 bits per heavy atom. The van der Waals surface area contributed by atoms with Gasteiger partial charge in [0.05, 0.1) is 5.92 Å². The topological polar surface area (TPSA) is 55.1 Å². The Morgan fingerprint density at radius 3 is 2.68 bits per heavy atom. The number of amides is 1. The Hall–Kier alpha value is -1.35. The Kier molecular flexibility index (Phi) is 4.97. The molecular formula is C16H24N2O. The molecule has 1 saturated carbocycles. The first-order valence-electron chi connectivity index (χ1n) is 7.26. The van der Waals surface area contributed by atoms with Crippen LogP contribution in [0, 0.1) is 11.8 Å². The average molecular weight is 260 g/mol. The molecule has 2 unspecified atom stereocenters. The van der Waals surface area contributed by atoms with Crippen molar-refractivity contribution in [3.63, 3.8) is 0 Å². The van der Waals surface area contributed by atoms with Crippen molar-refractivity contribution in [3.05, 3.63) is 35.9 Å². The highest BCUT2D eigenvalue weighted by Crippen LogP contribution is 2.33. The summed E-state index contributed by atoms with van der Waals surface area (Å²) in [6, 6.07) is 9.58. The molecule has 0 bridgehead atoms. The van der Waals surface area contributed by atoms with Crippen LogP contribution < -0.4 is 11.1 Å². The van der Waals surface area contributed by atoms with E-state index in [0.29, 0.717) is 0 Å². The molecule has 0 aromatic heterocycles. The summed E-state index contributed by atoms with van der Waals surface area (Å²) in [6.07, 6.45) is 5.09. The van der Waals surface area contributed by atoms with Gasteiger partial charge in [-0.3, -0.25) is 4.79 Å². The minimum Gasteiger partial charge on any atom is -0.356 e. The fourth-order valence-electron chi connectivity index (χ4n) is 2.30. The molecular weight excluding hydrogens is 236 g/mol. The van der Waals surface area contributed by atoms with E-state index in [2.05, 4.69) is 5.32 Å². The fraction of sp³-hybridized carbons (Fsp3) is 0.562. The van der Waals surface area contributed by atoms with Gasteiger partial charge in [0.1, 0.15) is 0 Å². The van der Waals surface area contributed by atoms with Crippen molar-refractivity contribution in [2.45, 2.75) is 38.6 Å². The van der Waals surface area contributed by atoms with Crippen molar-refractivity contribution in [3.8, 4) is 0 Å². The van der Waals surface area contributed by atoms with E-state index < -0.39 is 0 Å². The van der Waals surface area contributed by atoms with E-state index in [4.69, 9.17) is 5.73 Å². The zero-order valence-corrected chi connectivity index (χ0v) is 11.6. The summed E-state index contributed by atoms with van der Waals surface area (Å²) in [6.45, 7) is 2.68. The van der Waals surface area contributed by atoms with Crippen molar-refractivity contribution in [2.24, 2.45) is 17.6 Å². The zero-order valence-electron chi connectivity index (χ0n) is 11.6. The third-order valence-corrected chi connectivity index (χ3v) is 3.92. The van der Waals surface area contributed by atoms with Crippen molar-refractivity contribution in [1.82, 2.24) is 5.32 Å². The van der Waals surface area contributed by atoms with E-state index in [0.717, 1.165) is 24.4 Å². The minimum atomic E-state index is -0.232. The number of nitrogens with one attached hydrogen (secondary N) is 1. The van der Waals surface area contributed by atoms with Crippen LogP contribution >= 0.6 is 0 Å². The number of rotatable bonds is 7. The zero-order chi connectivity index (χ0) is 13.7. The van der Waals surface area contributed by atoms with Crippen LogP contribution in [-0.2, 0) is 4.79 Å². The Bertz CT molecular complexity index is 400.